The second kappa shape index (κ2) is 19.5. The maximum absolute atomic E-state index is 11.6. The monoisotopic (exact) mass is 723 g/mol. The summed E-state index contributed by atoms with van der Waals surface area (Å²) in [5.41, 5.74) is 33.2. The number of esters is 4. The smallest absolute Gasteiger partial charge is 0.340 e. The predicted molar refractivity (Wildman–Crippen MR) is 187 cm³/mol. The minimum absolute atomic E-state index is 0.00472. The molecule has 0 bridgehead atoms. The molecule has 0 heterocycles. The minimum Gasteiger partial charge on any atom is -0.465 e. The number of rotatable bonds is 6. The molecular weight excluding hydrogens is 682 g/mol. The molecular formula is C30H41N7O12S. The fraction of sp³-hybridized carbons (Fsp3) is 0.233. The summed E-state index contributed by atoms with van der Waals surface area (Å²) in [5.74, 6) is -2.78. The molecule has 274 valence electrons. The molecule has 0 atom stereocenters. The summed E-state index contributed by atoms with van der Waals surface area (Å²) in [6, 6.07) is 7.73. The molecule has 3 aromatic rings. The van der Waals surface area contributed by atoms with Gasteiger partial charge in [0, 0.05) is 18.3 Å². The molecule has 0 aliphatic heterocycles. The molecule has 0 aliphatic rings. The van der Waals surface area contributed by atoms with E-state index < -0.39 is 44.8 Å². The van der Waals surface area contributed by atoms with Gasteiger partial charge in [-0.1, -0.05) is 13.8 Å². The van der Waals surface area contributed by atoms with Crippen LogP contribution in [0.15, 0.2) is 41.3 Å². The van der Waals surface area contributed by atoms with Crippen LogP contribution in [0.5, 0.6) is 0 Å². The van der Waals surface area contributed by atoms with Gasteiger partial charge in [-0.15, -0.1) is 0 Å². The van der Waals surface area contributed by atoms with Crippen LogP contribution in [0.2, 0.25) is 0 Å². The van der Waals surface area contributed by atoms with Crippen LogP contribution in [0.4, 0.5) is 39.8 Å². The second-order valence-corrected chi connectivity index (χ2v) is 10.5. The first-order valence-corrected chi connectivity index (χ1v) is 15.3. The molecule has 19 nitrogen and oxygen atoms in total. The van der Waals surface area contributed by atoms with Crippen LogP contribution in [-0.4, -0.2) is 71.2 Å². The molecule has 0 aromatic heterocycles. The Labute approximate surface area is 287 Å². The Kier molecular flexibility index (Phi) is 17.1. The highest BCUT2D eigenvalue weighted by molar-refractivity contribution is 7.86. The number of ether oxygens (including phenoxy) is 4. The number of hydrogen-bond donors (Lipinski definition) is 8. The Bertz CT molecular complexity index is 1850. The number of amides is 1. The van der Waals surface area contributed by atoms with Crippen molar-refractivity contribution >= 4 is 79.7 Å². The highest BCUT2D eigenvalue weighted by Crippen LogP contribution is 2.34. The number of nitrogen functional groups attached to an aromatic ring is 6. The lowest BCUT2D eigenvalue weighted by atomic mass is 10.1. The molecule has 50 heavy (non-hydrogen) atoms. The van der Waals surface area contributed by atoms with E-state index >= 15 is 0 Å². The Morgan fingerprint density at radius 1 is 0.600 bits per heavy atom. The number of carbonyl (C=O) groups is 5. The van der Waals surface area contributed by atoms with Gasteiger partial charge in [-0.3, -0.25) is 9.35 Å². The van der Waals surface area contributed by atoms with E-state index in [9.17, 15) is 32.4 Å². The van der Waals surface area contributed by atoms with Crippen LogP contribution in [-0.2, 0) is 33.9 Å². The van der Waals surface area contributed by atoms with Crippen molar-refractivity contribution in [3.8, 4) is 0 Å². The molecule has 3 aromatic carbocycles. The molecule has 0 saturated carbocycles. The quantitative estimate of drug-likeness (QED) is 0.0779. The first-order chi connectivity index (χ1) is 23.2. The van der Waals surface area contributed by atoms with Gasteiger partial charge >= 0.3 is 23.9 Å². The average molecular weight is 724 g/mol. The van der Waals surface area contributed by atoms with Crippen molar-refractivity contribution in [2.75, 3.05) is 68.2 Å². The molecule has 1 amide bonds. The highest BCUT2D eigenvalue weighted by Gasteiger charge is 2.21. The summed E-state index contributed by atoms with van der Waals surface area (Å²) in [5, 5.41) is 2.43. The number of methoxy groups -OCH3 is 4. The van der Waals surface area contributed by atoms with Crippen molar-refractivity contribution in [3.05, 3.63) is 58.7 Å². The summed E-state index contributed by atoms with van der Waals surface area (Å²) in [4.78, 5) is 55.9. The van der Waals surface area contributed by atoms with E-state index in [1.54, 1.807) is 0 Å². The number of hydrogen-bond acceptors (Lipinski definition) is 17. The lowest BCUT2D eigenvalue weighted by Crippen LogP contribution is -2.15. The largest absolute Gasteiger partial charge is 0.465 e. The van der Waals surface area contributed by atoms with E-state index in [1.807, 2.05) is 13.8 Å². The van der Waals surface area contributed by atoms with Gasteiger partial charge in [0.25, 0.3) is 10.1 Å². The Morgan fingerprint density at radius 2 is 1.06 bits per heavy atom. The predicted octanol–water partition coefficient (Wildman–Crippen LogP) is 1.93. The molecule has 20 heteroatoms. The lowest BCUT2D eigenvalue weighted by molar-refractivity contribution is -0.114. The Balaban J connectivity index is 0.000000711. The maximum atomic E-state index is 11.6. The topological polar surface area (TPSA) is 345 Å². The number of nitrogens with one attached hydrogen (secondary N) is 1. The zero-order valence-electron chi connectivity index (χ0n) is 28.3. The summed E-state index contributed by atoms with van der Waals surface area (Å²) < 4.78 is 48.5. The van der Waals surface area contributed by atoms with Gasteiger partial charge in [-0.05, 0) is 36.4 Å². The lowest BCUT2D eigenvalue weighted by Gasteiger charge is -2.12. The second-order valence-electron chi connectivity index (χ2n) is 9.11. The van der Waals surface area contributed by atoms with E-state index in [1.165, 1.54) is 65.7 Å². The number of carbonyl (C=O) groups excluding carboxylic acids is 5. The van der Waals surface area contributed by atoms with Gasteiger partial charge in [-0.25, -0.2) is 19.2 Å². The zero-order chi connectivity index (χ0) is 39.1. The van der Waals surface area contributed by atoms with E-state index in [0.717, 1.165) is 6.07 Å². The fourth-order valence-electron chi connectivity index (χ4n) is 3.52. The SMILES string of the molecule is CC.COC(=O)c1cc(NC(C)=O)c(C(=O)OC)cc1N.COC(=O)c1ccc(C(=O)OC)c(N)c1.Nc1cc(S(=O)(=O)O)c(N)c(N)c1N. The van der Waals surface area contributed by atoms with E-state index in [-0.39, 0.29) is 56.5 Å². The van der Waals surface area contributed by atoms with Gasteiger partial charge < -0.3 is 58.7 Å². The van der Waals surface area contributed by atoms with Crippen molar-refractivity contribution in [2.24, 2.45) is 0 Å². The summed E-state index contributed by atoms with van der Waals surface area (Å²) in [7, 11) is 0.496. The summed E-state index contributed by atoms with van der Waals surface area (Å²) in [6.07, 6.45) is 0. The standard InChI is InChI=1S/C12H14N2O5.C10H11NO4.C6H10N4O3S.C2H6/c1-6(15)14-10-5-7(11(16)18-2)9(13)4-8(10)12(17)19-3;1-14-9(12)6-3-4-7(8(11)5-6)10(13)15-2;7-2-1-3(14(11,12)13)5(9)6(10)4(2)8;1-2/h4-5H,13H2,1-3H3,(H,14,15);3-5H,11H2,1-2H3;1H,7-10H2,(H,11,12,13);1-2H3. The third kappa shape index (κ3) is 11.8. The van der Waals surface area contributed by atoms with Crippen molar-refractivity contribution in [1.82, 2.24) is 0 Å². The van der Waals surface area contributed by atoms with Crippen LogP contribution in [0, 0.1) is 0 Å². The van der Waals surface area contributed by atoms with Gasteiger partial charge in [0.1, 0.15) is 4.90 Å². The number of anilines is 7. The van der Waals surface area contributed by atoms with E-state index in [2.05, 4.69) is 24.3 Å². The zero-order valence-corrected chi connectivity index (χ0v) is 29.1. The normalized spacial score (nSPS) is 9.84. The average Bonchev–Trinajstić information content (AvgIpc) is 3.08. The van der Waals surface area contributed by atoms with E-state index in [0.29, 0.717) is 5.56 Å². The van der Waals surface area contributed by atoms with Gasteiger partial charge in [0.15, 0.2) is 0 Å². The maximum Gasteiger partial charge on any atom is 0.340 e. The van der Waals surface area contributed by atoms with Crippen molar-refractivity contribution < 1.29 is 55.9 Å². The molecule has 0 unspecified atom stereocenters. The molecule has 0 aliphatic carbocycles. The molecule has 0 fully saturated rings. The van der Waals surface area contributed by atoms with Gasteiger partial charge in [0.05, 0.1) is 79.1 Å². The molecule has 0 spiro atoms. The van der Waals surface area contributed by atoms with Crippen LogP contribution >= 0.6 is 0 Å². The van der Waals surface area contributed by atoms with E-state index in [4.69, 9.17) is 39.0 Å². The van der Waals surface area contributed by atoms with Crippen molar-refractivity contribution in [1.29, 1.82) is 0 Å². The van der Waals surface area contributed by atoms with Crippen molar-refractivity contribution in [2.45, 2.75) is 25.7 Å². The fourth-order valence-corrected chi connectivity index (χ4v) is 4.19. The van der Waals surface area contributed by atoms with Crippen LogP contribution in [0.25, 0.3) is 0 Å². The first kappa shape index (κ1) is 43.7. The first-order valence-electron chi connectivity index (χ1n) is 13.9. The van der Waals surface area contributed by atoms with Gasteiger partial charge in [-0.2, -0.15) is 8.42 Å². The van der Waals surface area contributed by atoms with Crippen LogP contribution < -0.4 is 39.7 Å². The molecule has 14 N–H and O–H groups in total. The van der Waals surface area contributed by atoms with Crippen molar-refractivity contribution in [3.63, 3.8) is 0 Å². The molecule has 0 saturated heterocycles. The number of benzene rings is 3. The molecule has 0 radical (unpaired) electrons. The molecule has 3 rings (SSSR count). The Morgan fingerprint density at radius 3 is 1.50 bits per heavy atom. The third-order valence-corrected chi connectivity index (χ3v) is 6.80. The summed E-state index contributed by atoms with van der Waals surface area (Å²) >= 11 is 0. The number of nitrogens with two attached hydrogens (primary N) is 6. The van der Waals surface area contributed by atoms with Crippen LogP contribution in [0.1, 0.15) is 62.2 Å². The summed E-state index contributed by atoms with van der Waals surface area (Å²) in [6.45, 7) is 5.27. The Hall–Kier alpha value is -6.28. The van der Waals surface area contributed by atoms with Crippen LogP contribution in [0.3, 0.4) is 0 Å². The highest BCUT2D eigenvalue weighted by atomic mass is 32.2. The van der Waals surface area contributed by atoms with Gasteiger partial charge in [0.2, 0.25) is 5.91 Å². The minimum atomic E-state index is -4.44. The third-order valence-electron chi connectivity index (χ3n) is 5.91.